The third-order valence-electron chi connectivity index (χ3n) is 3.25. The summed E-state index contributed by atoms with van der Waals surface area (Å²) in [5.41, 5.74) is 3.13. The molecule has 19 heavy (non-hydrogen) atoms. The van der Waals surface area contributed by atoms with Crippen molar-refractivity contribution in [3.8, 4) is 0 Å². The van der Waals surface area contributed by atoms with Gasteiger partial charge in [-0.25, -0.2) is 4.98 Å². The van der Waals surface area contributed by atoms with E-state index in [0.717, 1.165) is 34.2 Å². The first-order chi connectivity index (χ1) is 9.15. The standard InChI is InChI=1S/C13H16N4OS/c1-8(12-9(2)16-18-10(12)3)14-6-11-7-17-4-5-19-13(17)15-11/h4-5,7-8,14H,6H2,1-3H3. The number of fused-ring (bicyclic) bond motifs is 1. The van der Waals surface area contributed by atoms with Gasteiger partial charge in [-0.15, -0.1) is 11.3 Å². The number of hydrogen-bond donors (Lipinski definition) is 1. The summed E-state index contributed by atoms with van der Waals surface area (Å²) in [5.74, 6) is 0.878. The highest BCUT2D eigenvalue weighted by molar-refractivity contribution is 7.15. The van der Waals surface area contributed by atoms with Crippen LogP contribution in [0.3, 0.4) is 0 Å². The molecule has 0 saturated carbocycles. The maximum atomic E-state index is 5.20. The second-order valence-corrected chi connectivity index (χ2v) is 5.54. The van der Waals surface area contributed by atoms with Crippen LogP contribution in [0.1, 0.15) is 35.7 Å². The second kappa shape index (κ2) is 4.79. The second-order valence-electron chi connectivity index (χ2n) is 4.67. The molecule has 3 heterocycles. The summed E-state index contributed by atoms with van der Waals surface area (Å²) in [4.78, 5) is 5.58. The van der Waals surface area contributed by atoms with Gasteiger partial charge in [0.05, 0.1) is 11.4 Å². The highest BCUT2D eigenvalue weighted by Gasteiger charge is 2.16. The van der Waals surface area contributed by atoms with E-state index in [0.29, 0.717) is 0 Å². The smallest absolute Gasteiger partial charge is 0.193 e. The predicted octanol–water partition coefficient (Wildman–Crippen LogP) is 2.85. The Balaban J connectivity index is 1.70. The number of rotatable bonds is 4. The Hall–Kier alpha value is -1.66. The predicted molar refractivity (Wildman–Crippen MR) is 74.3 cm³/mol. The van der Waals surface area contributed by atoms with E-state index < -0.39 is 0 Å². The van der Waals surface area contributed by atoms with Gasteiger partial charge in [-0.3, -0.25) is 4.40 Å². The van der Waals surface area contributed by atoms with E-state index >= 15 is 0 Å². The van der Waals surface area contributed by atoms with E-state index in [1.54, 1.807) is 11.3 Å². The molecule has 1 unspecified atom stereocenters. The first-order valence-corrected chi connectivity index (χ1v) is 7.10. The Bertz CT molecular complexity index is 648. The summed E-state index contributed by atoms with van der Waals surface area (Å²) >= 11 is 1.64. The lowest BCUT2D eigenvalue weighted by Crippen LogP contribution is -2.19. The van der Waals surface area contributed by atoms with Gasteiger partial charge < -0.3 is 9.84 Å². The van der Waals surface area contributed by atoms with Crippen molar-refractivity contribution < 1.29 is 4.52 Å². The molecule has 0 aliphatic rings. The molecule has 0 aliphatic heterocycles. The molecule has 0 radical (unpaired) electrons. The summed E-state index contributed by atoms with van der Waals surface area (Å²) in [5, 5.41) is 9.48. The van der Waals surface area contributed by atoms with Crippen LogP contribution in [0.5, 0.6) is 0 Å². The molecule has 0 aromatic carbocycles. The third kappa shape index (κ3) is 2.29. The van der Waals surface area contributed by atoms with Crippen LogP contribution in [0.2, 0.25) is 0 Å². The molecule has 5 nitrogen and oxygen atoms in total. The van der Waals surface area contributed by atoms with Gasteiger partial charge in [0.1, 0.15) is 5.76 Å². The van der Waals surface area contributed by atoms with E-state index in [4.69, 9.17) is 4.52 Å². The van der Waals surface area contributed by atoms with Gasteiger partial charge in [-0.05, 0) is 20.8 Å². The minimum absolute atomic E-state index is 0.200. The van der Waals surface area contributed by atoms with Crippen LogP contribution < -0.4 is 5.32 Å². The molecule has 1 N–H and O–H groups in total. The van der Waals surface area contributed by atoms with Crippen molar-refractivity contribution in [2.75, 3.05) is 0 Å². The molecule has 0 amide bonds. The average Bonchev–Trinajstić information content (AvgIpc) is 3.01. The number of imidazole rings is 1. The van der Waals surface area contributed by atoms with E-state index in [2.05, 4.69) is 28.6 Å². The topological polar surface area (TPSA) is 55.4 Å². The van der Waals surface area contributed by atoms with Crippen molar-refractivity contribution in [2.45, 2.75) is 33.4 Å². The van der Waals surface area contributed by atoms with Crippen LogP contribution in [0.15, 0.2) is 22.3 Å². The quantitative estimate of drug-likeness (QED) is 0.796. The van der Waals surface area contributed by atoms with Crippen LogP contribution in [0.4, 0.5) is 0 Å². The molecule has 3 aromatic rings. The zero-order valence-electron chi connectivity index (χ0n) is 11.2. The normalized spacial score (nSPS) is 13.2. The number of thiazole rings is 1. The monoisotopic (exact) mass is 276 g/mol. The summed E-state index contributed by atoms with van der Waals surface area (Å²) in [6, 6.07) is 0.200. The molecule has 0 bridgehead atoms. The Morgan fingerprint density at radius 2 is 2.32 bits per heavy atom. The number of hydrogen-bond acceptors (Lipinski definition) is 5. The van der Waals surface area contributed by atoms with Crippen molar-refractivity contribution in [2.24, 2.45) is 0 Å². The molecular formula is C13H16N4OS. The summed E-state index contributed by atoms with van der Waals surface area (Å²) < 4.78 is 7.24. The minimum atomic E-state index is 0.200. The van der Waals surface area contributed by atoms with Crippen molar-refractivity contribution in [3.05, 3.63) is 40.5 Å². The number of nitrogens with one attached hydrogen (secondary N) is 1. The molecule has 0 aliphatic carbocycles. The molecule has 6 heteroatoms. The maximum Gasteiger partial charge on any atom is 0.193 e. The third-order valence-corrected chi connectivity index (χ3v) is 4.02. The first-order valence-electron chi connectivity index (χ1n) is 6.22. The van der Waals surface area contributed by atoms with Gasteiger partial charge in [0.25, 0.3) is 0 Å². The van der Waals surface area contributed by atoms with E-state index in [1.807, 2.05) is 29.8 Å². The SMILES string of the molecule is Cc1noc(C)c1C(C)NCc1cn2ccsc2n1. The van der Waals surface area contributed by atoms with E-state index in [-0.39, 0.29) is 6.04 Å². The lowest BCUT2D eigenvalue weighted by atomic mass is 10.1. The van der Waals surface area contributed by atoms with Crippen molar-refractivity contribution in [1.29, 1.82) is 0 Å². The molecule has 100 valence electrons. The number of nitrogens with zero attached hydrogens (tertiary/aromatic N) is 3. The fourth-order valence-electron chi connectivity index (χ4n) is 2.33. The number of aryl methyl sites for hydroxylation is 2. The molecule has 0 saturated heterocycles. The lowest BCUT2D eigenvalue weighted by Gasteiger charge is -2.12. The molecule has 0 spiro atoms. The van der Waals surface area contributed by atoms with Crippen LogP contribution >= 0.6 is 11.3 Å². The van der Waals surface area contributed by atoms with Gasteiger partial charge in [-0.1, -0.05) is 5.16 Å². The van der Waals surface area contributed by atoms with Crippen LogP contribution in [0, 0.1) is 13.8 Å². The van der Waals surface area contributed by atoms with Gasteiger partial charge >= 0.3 is 0 Å². The van der Waals surface area contributed by atoms with E-state index in [9.17, 15) is 0 Å². The zero-order chi connectivity index (χ0) is 13.4. The molecule has 3 rings (SSSR count). The van der Waals surface area contributed by atoms with Crippen molar-refractivity contribution in [3.63, 3.8) is 0 Å². The van der Waals surface area contributed by atoms with Crippen LogP contribution in [-0.2, 0) is 6.54 Å². The fraction of sp³-hybridized carbons (Fsp3) is 0.385. The van der Waals surface area contributed by atoms with Crippen molar-refractivity contribution in [1.82, 2.24) is 19.9 Å². The van der Waals surface area contributed by atoms with Gasteiger partial charge in [-0.2, -0.15) is 0 Å². The Kier molecular flexibility index (Phi) is 3.12. The highest BCUT2D eigenvalue weighted by atomic mass is 32.1. The average molecular weight is 276 g/mol. The Labute approximate surface area is 115 Å². The molecule has 0 fully saturated rings. The van der Waals surface area contributed by atoms with E-state index in [1.165, 1.54) is 0 Å². The molecular weight excluding hydrogens is 260 g/mol. The minimum Gasteiger partial charge on any atom is -0.361 e. The Morgan fingerprint density at radius 1 is 1.47 bits per heavy atom. The highest BCUT2D eigenvalue weighted by Crippen LogP contribution is 2.21. The summed E-state index contributed by atoms with van der Waals surface area (Å²) in [7, 11) is 0. The molecule has 3 aromatic heterocycles. The lowest BCUT2D eigenvalue weighted by molar-refractivity contribution is 0.390. The summed E-state index contributed by atoms with van der Waals surface area (Å²) in [6.45, 7) is 6.77. The Morgan fingerprint density at radius 3 is 3.00 bits per heavy atom. The van der Waals surface area contributed by atoms with Gasteiger partial charge in [0.2, 0.25) is 0 Å². The first kappa shape index (κ1) is 12.4. The van der Waals surface area contributed by atoms with Crippen LogP contribution in [0.25, 0.3) is 4.96 Å². The molecule has 1 atom stereocenters. The van der Waals surface area contributed by atoms with Crippen LogP contribution in [-0.4, -0.2) is 14.5 Å². The zero-order valence-corrected chi connectivity index (χ0v) is 12.0. The summed E-state index contributed by atoms with van der Waals surface area (Å²) in [6.07, 6.45) is 4.08. The van der Waals surface area contributed by atoms with Crippen molar-refractivity contribution >= 4 is 16.3 Å². The van der Waals surface area contributed by atoms with Gasteiger partial charge in [0, 0.05) is 35.9 Å². The largest absolute Gasteiger partial charge is 0.361 e. The maximum absolute atomic E-state index is 5.20. The fourth-order valence-corrected chi connectivity index (χ4v) is 3.05. The number of aromatic nitrogens is 3. The van der Waals surface area contributed by atoms with Gasteiger partial charge in [0.15, 0.2) is 4.96 Å².